The van der Waals surface area contributed by atoms with Gasteiger partial charge in [0, 0.05) is 79.9 Å². The zero-order valence-electron chi connectivity index (χ0n) is 38.6. The third kappa shape index (κ3) is 25.8. The van der Waals surface area contributed by atoms with Gasteiger partial charge in [0.1, 0.15) is 0 Å². The highest BCUT2D eigenvalue weighted by Crippen LogP contribution is 2.20. The number of aliphatic carboxylic acids is 6. The summed E-state index contributed by atoms with van der Waals surface area (Å²) in [5, 5.41) is 64.6. The van der Waals surface area contributed by atoms with E-state index >= 15 is 0 Å². The normalized spacial score (nSPS) is 14.4. The number of cyclic esters (lactones) is 2. The number of carbonyl (C=O) groups is 13. The van der Waals surface area contributed by atoms with Crippen molar-refractivity contribution in [3.63, 3.8) is 0 Å². The molecule has 1 aliphatic rings. The first-order chi connectivity index (χ1) is 33.4. The molecule has 71 heavy (non-hydrogen) atoms. The number of amides is 3. The summed E-state index contributed by atoms with van der Waals surface area (Å²) in [5.74, 6) is -17.0. The lowest BCUT2D eigenvalue weighted by Gasteiger charge is -2.29. The highest BCUT2D eigenvalue weighted by molar-refractivity contribution is 14.1. The molecule has 1 aromatic carbocycles. The number of ether oxygens (including phenoxy) is 1. The van der Waals surface area contributed by atoms with Gasteiger partial charge in [-0.05, 0) is 72.9 Å². The van der Waals surface area contributed by atoms with E-state index in [1.54, 1.807) is 18.2 Å². The maximum atomic E-state index is 13.8. The van der Waals surface area contributed by atoms with Crippen LogP contribution in [0.2, 0.25) is 0 Å². The van der Waals surface area contributed by atoms with Gasteiger partial charge in [0.05, 0.1) is 50.7 Å². The first kappa shape index (κ1) is 60.7. The van der Waals surface area contributed by atoms with Crippen LogP contribution in [0.3, 0.4) is 0 Å². The van der Waals surface area contributed by atoms with E-state index < -0.39 is 166 Å². The Bertz CT molecular complexity index is 2110. The van der Waals surface area contributed by atoms with Crippen molar-refractivity contribution in [2.45, 2.75) is 82.7 Å². The van der Waals surface area contributed by atoms with Gasteiger partial charge in [-0.2, -0.15) is 0 Å². The lowest BCUT2D eigenvalue weighted by molar-refractivity contribution is -0.167. The molecule has 0 radical (unpaired) electrons. The topological polar surface area (TPSA) is 398 Å². The molecule has 1 heterocycles. The van der Waals surface area contributed by atoms with Gasteiger partial charge < -0.3 is 51.3 Å². The fraction of sp³-hybridized carbons (Fsp3) is 0.568. The zero-order valence-corrected chi connectivity index (χ0v) is 40.7. The number of ketones is 2. The van der Waals surface area contributed by atoms with Crippen molar-refractivity contribution in [3.05, 3.63) is 33.4 Å². The van der Waals surface area contributed by atoms with E-state index in [0.29, 0.717) is 12.0 Å². The number of hydrogen-bond donors (Lipinski definition) is 9. The number of carboxylic acid groups (broad SMARTS) is 6. The summed E-state index contributed by atoms with van der Waals surface area (Å²) in [4.78, 5) is 164. The summed E-state index contributed by atoms with van der Waals surface area (Å²) in [6.45, 7) is -2.72. The number of nitrogens with one attached hydrogen (secondary N) is 3. The van der Waals surface area contributed by atoms with Crippen molar-refractivity contribution in [1.82, 2.24) is 30.7 Å². The molecular formula is C44H59IN6O20. The molecule has 1 aromatic rings. The third-order valence-corrected chi connectivity index (χ3v) is 11.6. The van der Waals surface area contributed by atoms with Crippen molar-refractivity contribution >= 4 is 99.6 Å². The number of rotatable bonds is 37. The predicted molar refractivity (Wildman–Crippen MR) is 249 cm³/mol. The van der Waals surface area contributed by atoms with Crippen molar-refractivity contribution in [2.24, 2.45) is 11.8 Å². The van der Waals surface area contributed by atoms with Crippen molar-refractivity contribution < 1.29 is 97.7 Å². The minimum absolute atomic E-state index is 0.0154. The average Bonchev–Trinajstić information content (AvgIpc) is 3.26. The minimum atomic E-state index is -1.65. The van der Waals surface area contributed by atoms with Crippen LogP contribution < -0.4 is 16.0 Å². The van der Waals surface area contributed by atoms with Crippen LogP contribution in [-0.2, 0) is 62.3 Å². The number of unbranched alkanes of at least 4 members (excludes halogenated alkanes) is 1. The molecule has 0 unspecified atom stereocenters. The van der Waals surface area contributed by atoms with Gasteiger partial charge >= 0.3 is 47.8 Å². The third-order valence-electron chi connectivity index (χ3n) is 10.9. The Kier molecular flexibility index (Phi) is 27.1. The fourth-order valence-corrected chi connectivity index (χ4v) is 7.80. The molecule has 1 aliphatic heterocycles. The Morgan fingerprint density at radius 3 is 1.72 bits per heavy atom. The maximum Gasteiger partial charge on any atom is 0.327 e. The summed E-state index contributed by atoms with van der Waals surface area (Å²) in [7, 11) is 0. The van der Waals surface area contributed by atoms with Gasteiger partial charge in [0.15, 0.2) is 11.6 Å². The summed E-state index contributed by atoms with van der Waals surface area (Å²) >= 11 is 2.05. The van der Waals surface area contributed by atoms with Crippen LogP contribution in [0.5, 0.6) is 0 Å². The molecule has 1 saturated heterocycles. The number of hydrogen-bond acceptors (Lipinski definition) is 17. The van der Waals surface area contributed by atoms with Crippen LogP contribution in [0.15, 0.2) is 24.3 Å². The second-order valence-corrected chi connectivity index (χ2v) is 17.9. The zero-order chi connectivity index (χ0) is 53.2. The van der Waals surface area contributed by atoms with Crippen LogP contribution in [0.4, 0.5) is 0 Å². The second-order valence-electron chi connectivity index (χ2n) is 16.6. The van der Waals surface area contributed by atoms with E-state index in [9.17, 15) is 93.0 Å². The molecule has 27 heteroatoms. The number of nitrogens with zero attached hydrogens (tertiary/aromatic N) is 3. The fourth-order valence-electron chi connectivity index (χ4n) is 7.25. The molecule has 392 valence electrons. The van der Waals surface area contributed by atoms with Gasteiger partial charge in [-0.1, -0.05) is 12.5 Å². The molecule has 4 atom stereocenters. The summed E-state index contributed by atoms with van der Waals surface area (Å²) in [5.41, 5.74) is 0.426. The van der Waals surface area contributed by atoms with Crippen LogP contribution in [0.1, 0.15) is 81.0 Å². The van der Waals surface area contributed by atoms with Crippen LogP contribution >= 0.6 is 22.6 Å². The van der Waals surface area contributed by atoms with E-state index in [1.165, 1.54) is 9.80 Å². The van der Waals surface area contributed by atoms with E-state index in [2.05, 4.69) is 43.3 Å². The number of halogens is 1. The second kappa shape index (κ2) is 31.7. The van der Waals surface area contributed by atoms with Gasteiger partial charge in [-0.3, -0.25) is 77.0 Å². The van der Waals surface area contributed by atoms with Gasteiger partial charge in [0.2, 0.25) is 11.8 Å². The highest BCUT2D eigenvalue weighted by atomic mass is 127. The lowest BCUT2D eigenvalue weighted by Crippen LogP contribution is -2.50. The Morgan fingerprint density at radius 2 is 1.17 bits per heavy atom. The molecule has 0 spiro atoms. The SMILES string of the molecule is O=C(O)CC[C@@H](CC(=O)[C@@H](CCC(=O)O)NC(=O)CN(CCN(CCN1CC(=O)OC(=O)C1)CC(=O)O)CC(=O)O)C(=O)N[C@H](CCC(=O)O)C(=O)C[C@H](CCCCNC(=O)c1cccc(I)c1)C(=O)O. The average molecular weight is 1120 g/mol. The van der Waals surface area contributed by atoms with Crippen LogP contribution in [0, 0.1) is 15.4 Å². The van der Waals surface area contributed by atoms with Crippen LogP contribution in [-0.4, -0.2) is 200 Å². The molecule has 2 rings (SSSR count). The van der Waals surface area contributed by atoms with Crippen molar-refractivity contribution in [3.8, 4) is 0 Å². The summed E-state index contributed by atoms with van der Waals surface area (Å²) in [6.07, 6.45) is -4.67. The first-order valence-corrected chi connectivity index (χ1v) is 23.4. The van der Waals surface area contributed by atoms with Gasteiger partial charge in [-0.25, -0.2) is 0 Å². The van der Waals surface area contributed by atoms with Crippen molar-refractivity contribution in [1.29, 1.82) is 0 Å². The lowest BCUT2D eigenvalue weighted by atomic mass is 9.89. The molecule has 1 fully saturated rings. The molecule has 26 nitrogen and oxygen atoms in total. The molecule has 0 aliphatic carbocycles. The standard InChI is InChI=1S/C44H59IN6O20/c45-29-6-3-5-26(18-29)42(67)46-13-2-1-4-28(44(69)70)20-33(53)31(9-12-37(59)60)48-43(68)27(7-10-35(55)56)19-32(52)30(8-11-36(57)58)47-34(54)21-50(23-39(63)64)16-14-49(22-38(61)62)15-17-51-24-40(65)71-41(66)25-51/h3,5-6,18,27-28,30-31H,1-2,4,7-17,19-25H2,(H,46,67)(H,47,54)(H,48,68)(H,55,56)(H,57,58)(H,59,60)(H,61,62)(H,63,64)(H,69,70)/t27-,28-,30+,31+/m0/s1. The number of morpholine rings is 1. The Balaban J connectivity index is 2.20. The monoisotopic (exact) mass is 1120 g/mol. The van der Waals surface area contributed by atoms with E-state index in [4.69, 9.17) is 0 Å². The molecule has 0 saturated carbocycles. The predicted octanol–water partition coefficient (Wildman–Crippen LogP) is -0.851. The van der Waals surface area contributed by atoms with Crippen LogP contribution in [0.25, 0.3) is 0 Å². The number of benzene rings is 1. The quantitative estimate of drug-likeness (QED) is 0.0170. The molecule has 3 amide bonds. The van der Waals surface area contributed by atoms with E-state index in [-0.39, 0.29) is 64.6 Å². The van der Waals surface area contributed by atoms with E-state index in [0.717, 1.165) is 8.47 Å². The molecule has 0 aromatic heterocycles. The maximum absolute atomic E-state index is 13.8. The highest BCUT2D eigenvalue weighted by Gasteiger charge is 2.33. The Labute approximate surface area is 419 Å². The summed E-state index contributed by atoms with van der Waals surface area (Å²) in [6, 6.07) is 3.56. The Hall–Kier alpha value is -6.46. The molecular weight excluding hydrogens is 1060 g/mol. The Morgan fingerprint density at radius 1 is 0.634 bits per heavy atom. The number of esters is 2. The number of carbonyl (C=O) groups excluding carboxylic acids is 7. The first-order valence-electron chi connectivity index (χ1n) is 22.3. The van der Waals surface area contributed by atoms with Gasteiger partial charge in [-0.15, -0.1) is 0 Å². The largest absolute Gasteiger partial charge is 0.481 e. The summed E-state index contributed by atoms with van der Waals surface area (Å²) < 4.78 is 5.31. The molecule has 9 N–H and O–H groups in total. The number of carboxylic acids is 6. The van der Waals surface area contributed by atoms with Crippen molar-refractivity contribution in [2.75, 3.05) is 65.4 Å². The molecule has 0 bridgehead atoms. The minimum Gasteiger partial charge on any atom is -0.481 e. The van der Waals surface area contributed by atoms with Gasteiger partial charge in [0.25, 0.3) is 5.91 Å². The number of Topliss-reactive ketones (excluding diaryl/α,β-unsaturated/α-hetero) is 2. The smallest absolute Gasteiger partial charge is 0.327 e. The van der Waals surface area contributed by atoms with E-state index in [1.807, 2.05) is 6.07 Å².